The number of amides is 1. The molecule has 140 valence electrons. The number of nitrogens with one attached hydrogen (secondary N) is 2. The number of thioether (sulfide) groups is 1. The van der Waals surface area contributed by atoms with E-state index in [0.717, 1.165) is 5.76 Å². The molecule has 0 saturated carbocycles. The molecule has 0 fully saturated rings. The van der Waals surface area contributed by atoms with Crippen molar-refractivity contribution in [3.8, 4) is 0 Å². The Morgan fingerprint density at radius 1 is 1.22 bits per heavy atom. The molecular weight excluding hydrogens is 384 g/mol. The molecule has 7 nitrogen and oxygen atoms in total. The van der Waals surface area contributed by atoms with Gasteiger partial charge in [-0.1, -0.05) is 35.2 Å². The minimum absolute atomic E-state index is 0.0948. The molecule has 9 heteroatoms. The number of nitrogens with zero attached hydrogens (tertiary/aromatic N) is 2. The molecule has 3 aromatic rings. The second-order valence-electron chi connectivity index (χ2n) is 5.66. The fourth-order valence-electron chi connectivity index (χ4n) is 2.24. The highest BCUT2D eigenvalue weighted by Gasteiger charge is 2.19. The van der Waals surface area contributed by atoms with Gasteiger partial charge in [0.05, 0.1) is 23.7 Å². The topological polar surface area (TPSA) is 97.1 Å². The first kappa shape index (κ1) is 19.1. The van der Waals surface area contributed by atoms with E-state index in [-0.39, 0.29) is 11.7 Å². The van der Waals surface area contributed by atoms with Crippen LogP contribution in [0.5, 0.6) is 0 Å². The molecule has 0 aliphatic rings. The molecule has 0 aliphatic carbocycles. The van der Waals surface area contributed by atoms with Gasteiger partial charge in [0.1, 0.15) is 5.76 Å². The predicted molar refractivity (Wildman–Crippen MR) is 106 cm³/mol. The number of carbonyl (C=O) groups excluding carboxylic acids is 2. The van der Waals surface area contributed by atoms with Crippen molar-refractivity contribution in [2.45, 2.75) is 30.0 Å². The zero-order valence-electron chi connectivity index (χ0n) is 14.8. The molecule has 3 rings (SSSR count). The van der Waals surface area contributed by atoms with Crippen LogP contribution in [-0.2, 0) is 11.3 Å². The fraction of sp³-hybridized carbons (Fsp3) is 0.222. The Balaban J connectivity index is 1.56. The predicted octanol–water partition coefficient (Wildman–Crippen LogP) is 4.07. The number of furan rings is 1. The number of rotatable bonds is 8. The second-order valence-corrected chi connectivity index (χ2v) is 8.22. The van der Waals surface area contributed by atoms with E-state index in [1.807, 2.05) is 12.1 Å². The molecule has 0 bridgehead atoms. The van der Waals surface area contributed by atoms with Crippen molar-refractivity contribution >= 4 is 45.6 Å². The van der Waals surface area contributed by atoms with Crippen LogP contribution in [0.4, 0.5) is 10.8 Å². The number of ketones is 1. The highest BCUT2D eigenvalue weighted by Crippen LogP contribution is 2.30. The number of hydrogen-bond acceptors (Lipinski definition) is 8. The highest BCUT2D eigenvalue weighted by atomic mass is 32.2. The van der Waals surface area contributed by atoms with Crippen molar-refractivity contribution in [1.29, 1.82) is 0 Å². The van der Waals surface area contributed by atoms with Crippen molar-refractivity contribution < 1.29 is 14.0 Å². The molecule has 2 aromatic heterocycles. The van der Waals surface area contributed by atoms with Gasteiger partial charge >= 0.3 is 0 Å². The Morgan fingerprint density at radius 2 is 2.04 bits per heavy atom. The van der Waals surface area contributed by atoms with Gasteiger partial charge in [-0.05, 0) is 38.1 Å². The smallest absolute Gasteiger partial charge is 0.237 e. The third kappa shape index (κ3) is 5.18. The SMILES string of the molecule is CC(=O)c1ccccc1NC(=O)[C@H](C)Sc1nnc(NCc2ccco2)s1. The van der Waals surface area contributed by atoms with Gasteiger partial charge in [-0.25, -0.2) is 0 Å². The van der Waals surface area contributed by atoms with Crippen LogP contribution in [-0.4, -0.2) is 27.1 Å². The molecule has 2 N–H and O–H groups in total. The zero-order chi connectivity index (χ0) is 19.2. The monoisotopic (exact) mass is 402 g/mol. The van der Waals surface area contributed by atoms with E-state index < -0.39 is 5.25 Å². The zero-order valence-corrected chi connectivity index (χ0v) is 16.4. The third-order valence-corrected chi connectivity index (χ3v) is 5.68. The van der Waals surface area contributed by atoms with Gasteiger partial charge in [0.25, 0.3) is 0 Å². The average molecular weight is 403 g/mol. The maximum absolute atomic E-state index is 12.5. The minimum atomic E-state index is -0.393. The van der Waals surface area contributed by atoms with Crippen molar-refractivity contribution in [3.63, 3.8) is 0 Å². The van der Waals surface area contributed by atoms with Crippen LogP contribution in [0.25, 0.3) is 0 Å². The number of benzene rings is 1. The summed E-state index contributed by atoms with van der Waals surface area (Å²) >= 11 is 2.68. The van der Waals surface area contributed by atoms with E-state index in [4.69, 9.17) is 4.42 Å². The van der Waals surface area contributed by atoms with Crippen LogP contribution >= 0.6 is 23.1 Å². The molecule has 0 radical (unpaired) electrons. The van der Waals surface area contributed by atoms with Gasteiger partial charge in [0, 0.05) is 5.56 Å². The Hall–Kier alpha value is -2.65. The Morgan fingerprint density at radius 3 is 2.78 bits per heavy atom. The van der Waals surface area contributed by atoms with E-state index in [0.29, 0.717) is 27.3 Å². The number of hydrogen-bond donors (Lipinski definition) is 2. The van der Waals surface area contributed by atoms with Crippen LogP contribution in [0.15, 0.2) is 51.4 Å². The quantitative estimate of drug-likeness (QED) is 0.433. The van der Waals surface area contributed by atoms with Crippen LogP contribution in [0.1, 0.15) is 30.0 Å². The van der Waals surface area contributed by atoms with Gasteiger partial charge in [0.15, 0.2) is 10.1 Å². The summed E-state index contributed by atoms with van der Waals surface area (Å²) in [5.74, 6) is 0.507. The third-order valence-electron chi connectivity index (χ3n) is 3.61. The summed E-state index contributed by atoms with van der Waals surface area (Å²) in [6.07, 6.45) is 1.61. The Kier molecular flexibility index (Phi) is 6.25. The Bertz CT molecular complexity index is 924. The fourth-order valence-corrected chi connectivity index (χ4v) is 4.13. The van der Waals surface area contributed by atoms with Crippen molar-refractivity contribution in [1.82, 2.24) is 10.2 Å². The lowest BCUT2D eigenvalue weighted by Crippen LogP contribution is -2.23. The van der Waals surface area contributed by atoms with Crippen molar-refractivity contribution in [3.05, 3.63) is 54.0 Å². The summed E-state index contributed by atoms with van der Waals surface area (Å²) in [7, 11) is 0. The maximum Gasteiger partial charge on any atom is 0.237 e. The van der Waals surface area contributed by atoms with Crippen LogP contribution in [0.2, 0.25) is 0 Å². The van der Waals surface area contributed by atoms with Gasteiger partial charge in [-0.15, -0.1) is 10.2 Å². The molecule has 0 aliphatic heterocycles. The van der Waals surface area contributed by atoms with E-state index in [9.17, 15) is 9.59 Å². The lowest BCUT2D eigenvalue weighted by molar-refractivity contribution is -0.115. The summed E-state index contributed by atoms with van der Waals surface area (Å²) in [5.41, 5.74) is 1.00. The first-order chi connectivity index (χ1) is 13.0. The number of carbonyl (C=O) groups is 2. The van der Waals surface area contributed by atoms with Gasteiger partial charge in [-0.2, -0.15) is 0 Å². The lowest BCUT2D eigenvalue weighted by atomic mass is 10.1. The van der Waals surface area contributed by atoms with E-state index in [1.54, 1.807) is 37.5 Å². The van der Waals surface area contributed by atoms with Crippen LogP contribution in [0, 0.1) is 0 Å². The molecule has 2 heterocycles. The highest BCUT2D eigenvalue weighted by molar-refractivity contribution is 8.02. The number of aromatic nitrogens is 2. The largest absolute Gasteiger partial charge is 0.467 e. The van der Waals surface area contributed by atoms with Crippen LogP contribution in [0.3, 0.4) is 0 Å². The Labute approximate surface area is 164 Å². The summed E-state index contributed by atoms with van der Waals surface area (Å²) < 4.78 is 5.93. The van der Waals surface area contributed by atoms with Crippen molar-refractivity contribution in [2.24, 2.45) is 0 Å². The van der Waals surface area contributed by atoms with E-state index >= 15 is 0 Å². The van der Waals surface area contributed by atoms with E-state index in [2.05, 4.69) is 20.8 Å². The second kappa shape index (κ2) is 8.83. The summed E-state index contributed by atoms with van der Waals surface area (Å²) in [4.78, 5) is 24.1. The number of anilines is 2. The molecule has 0 unspecified atom stereocenters. The minimum Gasteiger partial charge on any atom is -0.467 e. The first-order valence-electron chi connectivity index (χ1n) is 8.20. The average Bonchev–Trinajstić information content (AvgIpc) is 3.32. The van der Waals surface area contributed by atoms with Gasteiger partial charge < -0.3 is 15.1 Å². The van der Waals surface area contributed by atoms with Gasteiger partial charge in [0.2, 0.25) is 11.0 Å². The normalized spacial score (nSPS) is 11.8. The molecule has 1 atom stereocenters. The number of Topliss-reactive ketones (excluding diaryl/α,β-unsaturated/α-hetero) is 1. The molecule has 1 aromatic carbocycles. The number of para-hydroxylation sites is 1. The summed E-state index contributed by atoms with van der Waals surface area (Å²) in [6.45, 7) is 3.78. The summed E-state index contributed by atoms with van der Waals surface area (Å²) in [6, 6.07) is 10.6. The first-order valence-corrected chi connectivity index (χ1v) is 9.90. The summed E-state index contributed by atoms with van der Waals surface area (Å²) in [5, 5.41) is 14.4. The molecule has 0 saturated heterocycles. The van der Waals surface area contributed by atoms with Gasteiger partial charge in [-0.3, -0.25) is 9.59 Å². The molecular formula is C18H18N4O3S2. The molecule has 0 spiro atoms. The molecule has 1 amide bonds. The standard InChI is InChI=1S/C18H18N4O3S2/c1-11(23)14-7-3-4-8-15(14)20-16(24)12(2)26-18-22-21-17(27-18)19-10-13-6-5-9-25-13/h3-9,12H,10H2,1-2H3,(H,19,21)(H,20,24)/t12-/m0/s1. The molecule has 27 heavy (non-hydrogen) atoms. The van der Waals surface area contributed by atoms with E-state index in [1.165, 1.54) is 30.0 Å². The van der Waals surface area contributed by atoms with Crippen molar-refractivity contribution in [2.75, 3.05) is 10.6 Å². The van der Waals surface area contributed by atoms with Crippen LogP contribution < -0.4 is 10.6 Å². The lowest BCUT2D eigenvalue weighted by Gasteiger charge is -2.12. The maximum atomic E-state index is 12.5.